The summed E-state index contributed by atoms with van der Waals surface area (Å²) in [5.41, 5.74) is 3.71. The van der Waals surface area contributed by atoms with Crippen LogP contribution in [0.1, 0.15) is 74.2 Å². The van der Waals surface area contributed by atoms with E-state index >= 15 is 0 Å². The molecule has 0 spiro atoms. The molecule has 2 atom stereocenters. The minimum Gasteiger partial charge on any atom is -0.478 e. The van der Waals surface area contributed by atoms with Gasteiger partial charge in [-0.2, -0.15) is 0 Å². The first kappa shape index (κ1) is 27.6. The molecule has 2 aromatic heterocycles. The number of hydrogen-bond acceptors (Lipinski definition) is 4. The number of fused-ring (bicyclic) bond motifs is 1. The van der Waals surface area contributed by atoms with Crippen LogP contribution in [0.15, 0.2) is 67.0 Å². The minimum absolute atomic E-state index is 0.145. The number of pyridine rings is 1. The van der Waals surface area contributed by atoms with Crippen LogP contribution in [0.5, 0.6) is 11.5 Å². The van der Waals surface area contributed by atoms with Crippen molar-refractivity contribution in [1.29, 1.82) is 0 Å². The Morgan fingerprint density at radius 3 is 2.63 bits per heavy atom. The van der Waals surface area contributed by atoms with Gasteiger partial charge in [-0.1, -0.05) is 37.6 Å². The summed E-state index contributed by atoms with van der Waals surface area (Å²) in [5.74, 6) is 1.82. The average molecular weight is 572 g/mol. The summed E-state index contributed by atoms with van der Waals surface area (Å²) < 4.78 is 6.09. The van der Waals surface area contributed by atoms with Gasteiger partial charge in [0.05, 0.1) is 6.20 Å². The topological polar surface area (TPSA) is 78.5 Å². The SMILES string of the molecule is CC1(C)CCC(CC2CCN(c3ccc(C(=O)O)c(Oc4cnc5[nH]ccc5c4)c3)CC2)C(c2ccc(Cl)cc2)C1. The number of H-pyrrole nitrogens is 1. The summed E-state index contributed by atoms with van der Waals surface area (Å²) in [7, 11) is 0. The fourth-order valence-electron chi connectivity index (χ4n) is 6.95. The lowest BCUT2D eigenvalue weighted by atomic mass is 9.63. The van der Waals surface area contributed by atoms with Gasteiger partial charge in [0.25, 0.3) is 0 Å². The third kappa shape index (κ3) is 6.23. The van der Waals surface area contributed by atoms with Gasteiger partial charge in [0.15, 0.2) is 0 Å². The Morgan fingerprint density at radius 1 is 1.10 bits per heavy atom. The van der Waals surface area contributed by atoms with Crippen LogP contribution in [0.3, 0.4) is 0 Å². The molecule has 6 rings (SSSR count). The van der Waals surface area contributed by atoms with Crippen LogP contribution in [0.25, 0.3) is 11.0 Å². The molecule has 3 heterocycles. The number of benzene rings is 2. The van der Waals surface area contributed by atoms with Crippen LogP contribution in [-0.4, -0.2) is 34.1 Å². The van der Waals surface area contributed by atoms with Crippen LogP contribution in [-0.2, 0) is 0 Å². The summed E-state index contributed by atoms with van der Waals surface area (Å²) in [5, 5.41) is 11.5. The summed E-state index contributed by atoms with van der Waals surface area (Å²) in [6.45, 7) is 6.73. The van der Waals surface area contributed by atoms with Crippen LogP contribution >= 0.6 is 11.6 Å². The molecule has 0 radical (unpaired) electrons. The number of ether oxygens (including phenoxy) is 1. The Bertz CT molecular complexity index is 1520. The van der Waals surface area contributed by atoms with E-state index in [-0.39, 0.29) is 5.56 Å². The Kier molecular flexibility index (Phi) is 7.69. The number of aromatic nitrogens is 2. The van der Waals surface area contributed by atoms with Gasteiger partial charge in [0.1, 0.15) is 22.7 Å². The molecule has 41 heavy (non-hydrogen) atoms. The molecule has 7 heteroatoms. The predicted octanol–water partition coefficient (Wildman–Crippen LogP) is 8.92. The molecular formula is C34H38ClN3O3. The number of aromatic amines is 1. The van der Waals surface area contributed by atoms with Crippen molar-refractivity contribution in [3.63, 3.8) is 0 Å². The molecular weight excluding hydrogens is 534 g/mol. The summed E-state index contributed by atoms with van der Waals surface area (Å²) >= 11 is 6.21. The number of nitrogens with one attached hydrogen (secondary N) is 1. The zero-order valence-electron chi connectivity index (χ0n) is 23.8. The summed E-state index contributed by atoms with van der Waals surface area (Å²) in [6.07, 6.45) is 10.8. The van der Waals surface area contributed by atoms with Gasteiger partial charge >= 0.3 is 5.97 Å². The zero-order chi connectivity index (χ0) is 28.6. The number of halogens is 1. The molecule has 2 aliphatic rings. The highest BCUT2D eigenvalue weighted by atomic mass is 35.5. The van der Waals surface area contributed by atoms with E-state index in [9.17, 15) is 9.90 Å². The van der Waals surface area contributed by atoms with E-state index in [1.807, 2.05) is 42.6 Å². The smallest absolute Gasteiger partial charge is 0.339 e. The van der Waals surface area contributed by atoms with Gasteiger partial charge in [0.2, 0.25) is 0 Å². The molecule has 2 fully saturated rings. The fraction of sp³-hybridized carbons (Fsp3) is 0.412. The lowest BCUT2D eigenvalue weighted by molar-refractivity contribution is 0.0694. The van der Waals surface area contributed by atoms with Crippen molar-refractivity contribution in [2.75, 3.05) is 18.0 Å². The molecule has 0 amide bonds. The molecule has 1 aliphatic carbocycles. The average Bonchev–Trinajstić information content (AvgIpc) is 3.43. The van der Waals surface area contributed by atoms with Gasteiger partial charge in [-0.15, -0.1) is 0 Å². The molecule has 1 saturated carbocycles. The standard InChI is InChI=1S/C34H38ClN3O3/c1-34(2)13-9-24(30(20-34)23-3-5-26(35)6-4-23)17-22-11-15-38(16-12-22)27-7-8-29(33(39)40)31(19-27)41-28-18-25-10-14-36-32(25)37-21-28/h3-8,10,14,18-19,21-22,24,30H,9,11-13,15-17,20H2,1-2H3,(H,36,37)(H,39,40). The van der Waals surface area contributed by atoms with E-state index in [0.29, 0.717) is 34.7 Å². The first-order valence-corrected chi connectivity index (χ1v) is 15.1. The van der Waals surface area contributed by atoms with E-state index in [1.54, 1.807) is 12.3 Å². The Balaban J connectivity index is 1.13. The number of carbonyl (C=O) groups is 1. The van der Waals surface area contributed by atoms with Gasteiger partial charge in [-0.05, 0) is 104 Å². The normalized spacial score (nSPS) is 21.2. The lowest BCUT2D eigenvalue weighted by Crippen LogP contribution is -2.36. The first-order valence-electron chi connectivity index (χ1n) is 14.7. The fourth-order valence-corrected chi connectivity index (χ4v) is 7.08. The van der Waals surface area contributed by atoms with E-state index in [0.717, 1.165) is 47.7 Å². The molecule has 1 aliphatic heterocycles. The van der Waals surface area contributed by atoms with Crippen molar-refractivity contribution in [1.82, 2.24) is 9.97 Å². The highest BCUT2D eigenvalue weighted by molar-refractivity contribution is 6.30. The number of rotatable bonds is 7. The highest BCUT2D eigenvalue weighted by Crippen LogP contribution is 2.49. The number of carboxylic acid groups (broad SMARTS) is 1. The quantitative estimate of drug-likeness (QED) is 0.231. The second-order valence-corrected chi connectivity index (χ2v) is 13.1. The maximum atomic E-state index is 12.0. The third-order valence-corrected chi connectivity index (χ3v) is 9.50. The molecule has 4 aromatic rings. The predicted molar refractivity (Wildman–Crippen MR) is 164 cm³/mol. The van der Waals surface area contributed by atoms with Gasteiger partial charge in [0, 0.05) is 41.4 Å². The van der Waals surface area contributed by atoms with E-state index < -0.39 is 5.97 Å². The molecule has 1 saturated heterocycles. The number of nitrogens with zero attached hydrogens (tertiary/aromatic N) is 2. The molecule has 6 nitrogen and oxygen atoms in total. The van der Waals surface area contributed by atoms with Crippen molar-refractivity contribution >= 4 is 34.3 Å². The first-order chi connectivity index (χ1) is 19.7. The molecule has 2 unspecified atom stereocenters. The number of anilines is 1. The van der Waals surface area contributed by atoms with Crippen LogP contribution in [0, 0.1) is 17.3 Å². The minimum atomic E-state index is -1.01. The van der Waals surface area contributed by atoms with Gasteiger partial charge in [-0.3, -0.25) is 0 Å². The summed E-state index contributed by atoms with van der Waals surface area (Å²) in [6, 6.07) is 17.8. The van der Waals surface area contributed by atoms with Gasteiger partial charge < -0.3 is 19.7 Å². The van der Waals surface area contributed by atoms with Crippen molar-refractivity contribution in [2.24, 2.45) is 17.3 Å². The third-order valence-electron chi connectivity index (χ3n) is 9.25. The molecule has 2 N–H and O–H groups in total. The number of aromatic carboxylic acids is 1. The maximum Gasteiger partial charge on any atom is 0.339 e. The van der Waals surface area contributed by atoms with Crippen LogP contribution in [0.2, 0.25) is 5.02 Å². The van der Waals surface area contributed by atoms with E-state index in [4.69, 9.17) is 16.3 Å². The zero-order valence-corrected chi connectivity index (χ0v) is 24.5. The van der Waals surface area contributed by atoms with E-state index in [1.165, 1.54) is 31.2 Å². The molecule has 214 valence electrons. The molecule has 0 bridgehead atoms. The number of carboxylic acids is 1. The number of hydrogen-bond donors (Lipinski definition) is 2. The Labute approximate surface area is 246 Å². The Hall–Kier alpha value is -3.51. The van der Waals surface area contributed by atoms with Crippen molar-refractivity contribution < 1.29 is 14.6 Å². The summed E-state index contributed by atoms with van der Waals surface area (Å²) in [4.78, 5) is 21.8. The van der Waals surface area contributed by atoms with Crippen molar-refractivity contribution in [2.45, 2.75) is 58.3 Å². The second-order valence-electron chi connectivity index (χ2n) is 12.7. The highest BCUT2D eigenvalue weighted by Gasteiger charge is 2.37. The van der Waals surface area contributed by atoms with Crippen molar-refractivity contribution in [3.8, 4) is 11.5 Å². The number of piperidine rings is 1. The van der Waals surface area contributed by atoms with Gasteiger partial charge in [-0.25, -0.2) is 9.78 Å². The Morgan fingerprint density at radius 2 is 1.88 bits per heavy atom. The monoisotopic (exact) mass is 571 g/mol. The molecule has 2 aromatic carbocycles. The largest absolute Gasteiger partial charge is 0.478 e. The van der Waals surface area contributed by atoms with Crippen LogP contribution in [0.4, 0.5) is 5.69 Å². The lowest BCUT2D eigenvalue weighted by Gasteiger charge is -2.43. The van der Waals surface area contributed by atoms with Crippen molar-refractivity contribution in [3.05, 3.63) is 83.1 Å². The van der Waals surface area contributed by atoms with E-state index in [2.05, 4.69) is 40.8 Å². The van der Waals surface area contributed by atoms with Crippen LogP contribution < -0.4 is 9.64 Å². The maximum absolute atomic E-state index is 12.0. The second kappa shape index (κ2) is 11.4.